The summed E-state index contributed by atoms with van der Waals surface area (Å²) in [5.41, 5.74) is 1.52. The van der Waals surface area contributed by atoms with Crippen LogP contribution in [0.5, 0.6) is 5.75 Å². The summed E-state index contributed by atoms with van der Waals surface area (Å²) in [5.74, 6) is 1.05. The number of carbonyl (C=O) groups is 3. The fraction of sp³-hybridized carbons (Fsp3) is 0.435. The van der Waals surface area contributed by atoms with E-state index < -0.39 is 31.4 Å². The molecule has 2 aromatic rings. The molecule has 11 nitrogen and oxygen atoms in total. The van der Waals surface area contributed by atoms with Crippen molar-refractivity contribution in [1.82, 2.24) is 13.5 Å². The number of nitrogens with zero attached hydrogens (tertiary/aromatic N) is 4. The van der Waals surface area contributed by atoms with Crippen molar-refractivity contribution in [3.8, 4) is 5.75 Å². The number of ether oxygens (including phenoxy) is 1. The molecule has 2 aliphatic rings. The van der Waals surface area contributed by atoms with Crippen molar-refractivity contribution in [2.75, 3.05) is 29.3 Å². The van der Waals surface area contributed by atoms with Gasteiger partial charge >= 0.3 is 157 Å². The van der Waals surface area contributed by atoms with Crippen LogP contribution >= 0.6 is 0 Å². The van der Waals surface area contributed by atoms with Crippen LogP contribution in [0.1, 0.15) is 49.4 Å². The minimum absolute atomic E-state index is 0.0528. The second kappa shape index (κ2) is 10.6. The average Bonchev–Trinajstić information content (AvgIpc) is 3.39. The van der Waals surface area contributed by atoms with Gasteiger partial charge in [0.25, 0.3) is 0 Å². The molecule has 1 aliphatic heterocycles. The van der Waals surface area contributed by atoms with Crippen molar-refractivity contribution in [2.24, 2.45) is 0 Å². The Labute approximate surface area is 213 Å². The number of nitrogens with one attached hydrogen (secondary N) is 2. The Hall–Kier alpha value is -3.16. The van der Waals surface area contributed by atoms with Crippen molar-refractivity contribution in [3.63, 3.8) is 0 Å². The van der Waals surface area contributed by atoms with E-state index in [1.807, 2.05) is 6.92 Å². The number of aromatic nitrogens is 2. The molecule has 1 atom stereocenters. The number of carbonyl (C=O) groups excluding carboxylic acids is 2. The van der Waals surface area contributed by atoms with E-state index in [1.165, 1.54) is 13.2 Å². The normalized spacial score (nSPS) is 17.9. The quantitative estimate of drug-likeness (QED) is 0.221. The second-order valence-corrected chi connectivity index (χ2v) is 10.4. The zero-order chi connectivity index (χ0) is 25.1. The summed E-state index contributed by atoms with van der Waals surface area (Å²) < 4.78 is 6.86. The molecule has 1 saturated carbocycles. The Morgan fingerprint density at radius 3 is 2.69 bits per heavy atom. The Balaban J connectivity index is 1.64. The molecule has 188 valence electrons. The van der Waals surface area contributed by atoms with Crippen LogP contribution in [-0.2, 0) is 4.79 Å². The maximum absolute atomic E-state index is 13.0. The van der Waals surface area contributed by atoms with Crippen molar-refractivity contribution >= 4 is 38.9 Å². The summed E-state index contributed by atoms with van der Waals surface area (Å²) >= 11 is -1.48. The Morgan fingerprint density at radius 2 is 2.03 bits per heavy atom. The first-order valence-electron chi connectivity index (χ1n) is 11.4. The molecule has 1 aromatic heterocycles. The van der Waals surface area contributed by atoms with E-state index >= 15 is 0 Å². The molecular weight excluding hydrogens is 567 g/mol. The van der Waals surface area contributed by atoms with Crippen molar-refractivity contribution in [3.05, 3.63) is 30.0 Å². The molecule has 0 radical (unpaired) electrons. The average molecular weight is 595 g/mol. The fourth-order valence-corrected chi connectivity index (χ4v) is 5.42. The van der Waals surface area contributed by atoms with Crippen LogP contribution in [0.3, 0.4) is 0 Å². The third-order valence-electron chi connectivity index (χ3n) is 6.34. The van der Waals surface area contributed by atoms with Gasteiger partial charge in [0, 0.05) is 7.05 Å². The number of methoxy groups -OCH3 is 1. The van der Waals surface area contributed by atoms with Crippen LogP contribution in [-0.4, -0.2) is 57.1 Å². The van der Waals surface area contributed by atoms with E-state index in [9.17, 15) is 14.4 Å². The van der Waals surface area contributed by atoms with Gasteiger partial charge in [0.05, 0.1) is 0 Å². The molecule has 0 unspecified atom stereocenters. The number of hydrogen-bond donors (Lipinski definition) is 3. The number of amides is 2. The first-order chi connectivity index (χ1) is 16.8. The summed E-state index contributed by atoms with van der Waals surface area (Å²) in [5, 5.41) is 12.0. The SMILES string of the molecule is CC[C@@H]1C(=O)N(C)c2cnc(Nc3ccc(C(=O)N[I-]C(=O)O)cc3OC)nc2N1C1CCCC1. The monoisotopic (exact) mass is 595 g/mol. The summed E-state index contributed by atoms with van der Waals surface area (Å²) in [6.07, 6.45) is 6.67. The van der Waals surface area contributed by atoms with Gasteiger partial charge < -0.3 is 0 Å². The number of rotatable bonds is 8. The van der Waals surface area contributed by atoms with Crippen LogP contribution < -0.4 is 44.9 Å². The molecule has 1 fully saturated rings. The summed E-state index contributed by atoms with van der Waals surface area (Å²) in [6, 6.07) is 4.77. The van der Waals surface area contributed by atoms with Gasteiger partial charge in [-0.05, 0) is 19.3 Å². The van der Waals surface area contributed by atoms with E-state index in [1.54, 1.807) is 30.3 Å². The smallest absolute Gasteiger partial charge is 0.0513 e. The molecule has 0 bridgehead atoms. The Morgan fingerprint density at radius 1 is 1.29 bits per heavy atom. The fourth-order valence-electron chi connectivity index (χ4n) is 4.64. The maximum atomic E-state index is 13.0. The molecular formula is C23H28IN6O5-. The van der Waals surface area contributed by atoms with Gasteiger partial charge in [0.1, 0.15) is 0 Å². The zero-order valence-electron chi connectivity index (χ0n) is 19.7. The standard InChI is InChI=1S/C23H28IN6O5/c1-4-16-21(32)29(2)17-12-25-23(27-19(17)30(16)14-7-5-6-8-14)26-15-10-9-13(11-18(15)35-3)20(31)28-24-22(33)34/h9-12,14,16H,4-8H2,1-3H3,(H,28,31)(H,33,34)(H,25,26,27)/q-1/t16-/m1/s1. The molecule has 4 rings (SSSR count). The first kappa shape index (κ1) is 24.9. The van der Waals surface area contributed by atoms with Crippen molar-refractivity contribution < 1.29 is 45.7 Å². The van der Waals surface area contributed by atoms with Crippen LogP contribution in [0.15, 0.2) is 24.4 Å². The number of hydrogen-bond acceptors (Lipinski definition) is 8. The third kappa shape index (κ3) is 5.11. The van der Waals surface area contributed by atoms with E-state index in [0.717, 1.165) is 31.5 Å². The van der Waals surface area contributed by atoms with Gasteiger partial charge in [0.2, 0.25) is 5.91 Å². The predicted octanol–water partition coefficient (Wildman–Crippen LogP) is 0.145. The molecule has 3 N–H and O–H groups in total. The minimum atomic E-state index is -1.48. The van der Waals surface area contributed by atoms with Gasteiger partial charge in [-0.1, -0.05) is 19.8 Å². The van der Waals surface area contributed by atoms with Crippen molar-refractivity contribution in [1.29, 1.82) is 0 Å². The van der Waals surface area contributed by atoms with Crippen LogP contribution in [0.25, 0.3) is 0 Å². The van der Waals surface area contributed by atoms with Gasteiger partial charge in [-0.2, -0.15) is 0 Å². The van der Waals surface area contributed by atoms with E-state index in [0.29, 0.717) is 29.5 Å². The van der Waals surface area contributed by atoms with Crippen LogP contribution in [0, 0.1) is 0 Å². The van der Waals surface area contributed by atoms with Crippen molar-refractivity contribution in [2.45, 2.75) is 51.1 Å². The number of likely N-dealkylation sites (N-methyl/N-ethyl adjacent to an activating group) is 1. The predicted molar refractivity (Wildman–Crippen MR) is 126 cm³/mol. The Kier molecular flexibility index (Phi) is 7.57. The Bertz CT molecular complexity index is 1140. The topological polar surface area (TPSA) is 137 Å². The van der Waals surface area contributed by atoms with Gasteiger partial charge in [-0.3, -0.25) is 4.79 Å². The number of fused-ring (bicyclic) bond motifs is 1. The molecule has 12 heteroatoms. The molecule has 1 aromatic carbocycles. The van der Waals surface area contributed by atoms with Gasteiger partial charge in [-0.15, -0.1) is 0 Å². The van der Waals surface area contributed by atoms with E-state index in [4.69, 9.17) is 14.8 Å². The molecule has 35 heavy (non-hydrogen) atoms. The molecule has 1 aliphatic carbocycles. The van der Waals surface area contributed by atoms with Gasteiger partial charge in [0.15, 0.2) is 0 Å². The summed E-state index contributed by atoms with van der Waals surface area (Å²) in [4.78, 5) is 49.1. The van der Waals surface area contributed by atoms with E-state index in [-0.39, 0.29) is 23.6 Å². The number of carboxylic acid groups (broad SMARTS) is 1. The molecule has 0 saturated heterocycles. The van der Waals surface area contributed by atoms with Gasteiger partial charge in [-0.25, -0.2) is 0 Å². The minimum Gasteiger partial charge on any atom is -0.0513 e. The summed E-state index contributed by atoms with van der Waals surface area (Å²) in [6.45, 7) is 2.02. The number of benzene rings is 1. The second-order valence-electron chi connectivity index (χ2n) is 8.38. The first-order valence-corrected chi connectivity index (χ1v) is 13.5. The van der Waals surface area contributed by atoms with E-state index in [2.05, 4.69) is 18.7 Å². The zero-order valence-corrected chi connectivity index (χ0v) is 21.9. The van der Waals surface area contributed by atoms with Crippen LogP contribution in [0.2, 0.25) is 0 Å². The number of anilines is 4. The summed E-state index contributed by atoms with van der Waals surface area (Å²) in [7, 11) is 3.24. The third-order valence-corrected chi connectivity index (χ3v) is 7.56. The molecule has 2 amide bonds. The number of halogens is 1. The molecule has 2 heterocycles. The van der Waals surface area contributed by atoms with Crippen LogP contribution in [0.4, 0.5) is 27.9 Å². The molecule has 0 spiro atoms.